The fourth-order valence-corrected chi connectivity index (χ4v) is 5.97. The summed E-state index contributed by atoms with van der Waals surface area (Å²) in [5.74, 6) is 1.08. The maximum Gasteiger partial charge on any atom is 0.246 e. The molecule has 2 saturated heterocycles. The van der Waals surface area contributed by atoms with Crippen molar-refractivity contribution >= 4 is 39.8 Å². The second-order valence-electron chi connectivity index (χ2n) is 10.5. The summed E-state index contributed by atoms with van der Waals surface area (Å²) >= 11 is 6.81. The summed E-state index contributed by atoms with van der Waals surface area (Å²) in [5.41, 5.74) is 3.29. The Morgan fingerprint density at radius 3 is 2.79 bits per heavy atom. The van der Waals surface area contributed by atoms with Gasteiger partial charge in [0.2, 0.25) is 5.91 Å². The molecule has 2 N–H and O–H groups in total. The van der Waals surface area contributed by atoms with Gasteiger partial charge < -0.3 is 20.1 Å². The second kappa shape index (κ2) is 12.8. The number of hydrogen-bond acceptors (Lipinski definition) is 5. The van der Waals surface area contributed by atoms with Crippen molar-refractivity contribution in [2.75, 3.05) is 52.4 Å². The Hall–Kier alpha value is -2.87. The number of piperidine rings is 1. The van der Waals surface area contributed by atoms with E-state index in [1.807, 2.05) is 23.4 Å². The molecule has 1 aromatic heterocycles. The Kier molecular flexibility index (Phi) is 8.99. The van der Waals surface area contributed by atoms with Gasteiger partial charge in [0, 0.05) is 92.7 Å². The predicted octanol–water partition coefficient (Wildman–Crippen LogP) is 4.60. The molecule has 0 unspecified atom stereocenters. The normalized spacial score (nSPS) is 26.2. The van der Waals surface area contributed by atoms with E-state index in [0.717, 1.165) is 101 Å². The number of carbonyl (C=O) groups is 1. The molecule has 4 heterocycles. The van der Waals surface area contributed by atoms with Gasteiger partial charge in [-0.3, -0.25) is 9.69 Å². The van der Waals surface area contributed by atoms with Crippen LogP contribution in [0.1, 0.15) is 37.7 Å². The Balaban J connectivity index is 1.15. The molecule has 1 amide bonds. The van der Waals surface area contributed by atoms with E-state index in [4.69, 9.17) is 16.6 Å². The summed E-state index contributed by atoms with van der Waals surface area (Å²) in [6.45, 7) is 11.3. The standard InChI is InChI=1S/C30H39ClN6O/c1-2-30(38)37-18-16-35(17-19-37)14-15-36-13-7-8-23(22-36)34-29-12-6-4-9-24(27(31)21-33-29)26-20-32-28-11-5-3-10-25(26)28/h2-3,5,9-11,20-21,23,32H,1,4,6-8,12-19,22H2,(H,33,34)/b24-9-,27-21+/t23-/m1/s1. The van der Waals surface area contributed by atoms with Gasteiger partial charge in [0.1, 0.15) is 5.84 Å². The molecule has 0 spiro atoms. The van der Waals surface area contributed by atoms with Crippen molar-refractivity contribution in [3.8, 4) is 0 Å². The molecule has 3 aliphatic rings. The maximum atomic E-state index is 11.8. The van der Waals surface area contributed by atoms with Crippen molar-refractivity contribution in [1.29, 1.82) is 0 Å². The number of aliphatic imine (C=N–C) groups is 1. The van der Waals surface area contributed by atoms with Gasteiger partial charge in [-0.05, 0) is 44.4 Å². The monoisotopic (exact) mass is 534 g/mol. The molecule has 0 aliphatic carbocycles. The number of aromatic amines is 1. The van der Waals surface area contributed by atoms with Crippen molar-refractivity contribution < 1.29 is 4.79 Å². The third-order valence-corrected chi connectivity index (χ3v) is 8.21. The van der Waals surface area contributed by atoms with Gasteiger partial charge in [-0.1, -0.05) is 42.5 Å². The molecule has 8 heteroatoms. The van der Waals surface area contributed by atoms with Crippen molar-refractivity contribution in [3.63, 3.8) is 0 Å². The topological polar surface area (TPSA) is 67.0 Å². The van der Waals surface area contributed by atoms with E-state index in [-0.39, 0.29) is 5.91 Å². The van der Waals surface area contributed by atoms with Crippen LogP contribution in [0, 0.1) is 0 Å². The molecule has 7 nitrogen and oxygen atoms in total. The number of para-hydroxylation sites is 1. The van der Waals surface area contributed by atoms with Crippen molar-refractivity contribution in [1.82, 2.24) is 25.0 Å². The average Bonchev–Trinajstić information content (AvgIpc) is 3.40. The third-order valence-electron chi connectivity index (χ3n) is 7.90. The van der Waals surface area contributed by atoms with Gasteiger partial charge >= 0.3 is 0 Å². The molecule has 38 heavy (non-hydrogen) atoms. The Morgan fingerprint density at radius 2 is 1.95 bits per heavy atom. The molecule has 3 aliphatic heterocycles. The number of likely N-dealkylation sites (tertiary alicyclic amines) is 1. The third kappa shape index (κ3) is 6.57. The molecule has 0 radical (unpaired) electrons. The van der Waals surface area contributed by atoms with Crippen LogP contribution >= 0.6 is 11.6 Å². The minimum absolute atomic E-state index is 0.0449. The quantitative estimate of drug-likeness (QED) is 0.532. The van der Waals surface area contributed by atoms with Gasteiger partial charge in [0.05, 0.1) is 5.03 Å². The van der Waals surface area contributed by atoms with Crippen LogP contribution in [0.2, 0.25) is 0 Å². The minimum Gasteiger partial charge on any atom is -0.370 e. The zero-order valence-electron chi connectivity index (χ0n) is 22.2. The first-order valence-electron chi connectivity index (χ1n) is 13.9. The summed E-state index contributed by atoms with van der Waals surface area (Å²) in [5, 5.41) is 5.61. The van der Waals surface area contributed by atoms with Gasteiger partial charge in [0.25, 0.3) is 0 Å². The zero-order valence-corrected chi connectivity index (χ0v) is 22.9. The van der Waals surface area contributed by atoms with Crippen LogP contribution in [-0.4, -0.2) is 89.8 Å². The number of piperazine rings is 1. The lowest BCUT2D eigenvalue weighted by Gasteiger charge is -2.37. The number of amidine groups is 1. The predicted molar refractivity (Wildman–Crippen MR) is 157 cm³/mol. The summed E-state index contributed by atoms with van der Waals surface area (Å²) in [6.07, 6.45) is 12.8. The summed E-state index contributed by atoms with van der Waals surface area (Å²) in [7, 11) is 0. The van der Waals surface area contributed by atoms with Crippen molar-refractivity contribution in [2.45, 2.75) is 38.1 Å². The highest BCUT2D eigenvalue weighted by Crippen LogP contribution is 2.33. The van der Waals surface area contributed by atoms with Crippen LogP contribution in [0.25, 0.3) is 16.5 Å². The molecule has 202 valence electrons. The smallest absolute Gasteiger partial charge is 0.246 e. The van der Waals surface area contributed by atoms with E-state index >= 15 is 0 Å². The largest absolute Gasteiger partial charge is 0.370 e. The van der Waals surface area contributed by atoms with Crippen LogP contribution in [0.4, 0.5) is 0 Å². The number of H-pyrrole nitrogens is 1. The number of halogens is 1. The number of nitrogens with one attached hydrogen (secondary N) is 2. The highest BCUT2D eigenvalue weighted by molar-refractivity contribution is 6.37. The highest BCUT2D eigenvalue weighted by Gasteiger charge is 2.23. The number of amides is 1. The number of allylic oxidation sites excluding steroid dienone is 3. The lowest BCUT2D eigenvalue weighted by atomic mass is 10.0. The summed E-state index contributed by atoms with van der Waals surface area (Å²) in [4.78, 5) is 26.9. The number of rotatable bonds is 6. The first kappa shape index (κ1) is 26.7. The molecule has 1 aromatic carbocycles. The van der Waals surface area contributed by atoms with E-state index in [9.17, 15) is 4.79 Å². The SMILES string of the molecule is C=CC(=O)N1CCN(CCN2CCC[C@@H](N/C3=N/C=C(Cl)\C(c4c[nH]c5ccccc45)=C/CCC3)C2)CC1. The first-order valence-corrected chi connectivity index (χ1v) is 14.3. The van der Waals surface area contributed by atoms with Crippen molar-refractivity contribution in [2.24, 2.45) is 4.99 Å². The van der Waals surface area contributed by atoms with E-state index in [1.165, 1.54) is 17.9 Å². The van der Waals surface area contributed by atoms with E-state index < -0.39 is 0 Å². The lowest BCUT2D eigenvalue weighted by Crippen LogP contribution is -2.52. The fourth-order valence-electron chi connectivity index (χ4n) is 5.74. The average molecular weight is 535 g/mol. The van der Waals surface area contributed by atoms with Gasteiger partial charge in [0.15, 0.2) is 0 Å². The van der Waals surface area contributed by atoms with Crippen LogP contribution in [0.5, 0.6) is 0 Å². The van der Waals surface area contributed by atoms with Crippen LogP contribution in [0.3, 0.4) is 0 Å². The van der Waals surface area contributed by atoms with Crippen LogP contribution < -0.4 is 5.32 Å². The van der Waals surface area contributed by atoms with Gasteiger partial charge in [-0.15, -0.1) is 0 Å². The Morgan fingerprint density at radius 1 is 1.13 bits per heavy atom. The van der Waals surface area contributed by atoms with E-state index in [0.29, 0.717) is 11.1 Å². The minimum atomic E-state index is 0.0449. The zero-order chi connectivity index (χ0) is 26.3. The number of fused-ring (bicyclic) bond motifs is 1. The number of nitrogens with zero attached hydrogens (tertiary/aromatic N) is 4. The van der Waals surface area contributed by atoms with Gasteiger partial charge in [-0.2, -0.15) is 0 Å². The fraction of sp³-hybridized carbons (Fsp3) is 0.467. The van der Waals surface area contributed by atoms with E-state index in [1.54, 1.807) is 0 Å². The first-order chi connectivity index (χ1) is 18.6. The molecule has 1 atom stereocenters. The molecule has 5 rings (SSSR count). The van der Waals surface area contributed by atoms with Crippen LogP contribution in [-0.2, 0) is 4.79 Å². The number of hydrogen-bond donors (Lipinski definition) is 2. The molecule has 0 saturated carbocycles. The maximum absolute atomic E-state index is 11.8. The molecule has 0 bridgehead atoms. The Bertz CT molecular complexity index is 1220. The molecular weight excluding hydrogens is 496 g/mol. The van der Waals surface area contributed by atoms with E-state index in [2.05, 4.69) is 51.0 Å². The van der Waals surface area contributed by atoms with Gasteiger partial charge in [-0.25, -0.2) is 4.99 Å². The molecule has 2 aromatic rings. The van der Waals surface area contributed by atoms with Crippen molar-refractivity contribution in [3.05, 3.63) is 66.0 Å². The second-order valence-corrected chi connectivity index (χ2v) is 10.9. The highest BCUT2D eigenvalue weighted by atomic mass is 35.5. The summed E-state index contributed by atoms with van der Waals surface area (Å²) in [6, 6.07) is 8.73. The number of benzene rings is 1. The van der Waals surface area contributed by atoms with Crippen LogP contribution in [0.15, 0.2) is 65.4 Å². The summed E-state index contributed by atoms with van der Waals surface area (Å²) < 4.78 is 0. The number of aromatic nitrogens is 1. The number of carbonyl (C=O) groups excluding carboxylic acids is 1. The lowest BCUT2D eigenvalue weighted by molar-refractivity contribution is -0.127. The molecular formula is C30H39ClN6O. The Labute approximate surface area is 230 Å². The molecule has 2 fully saturated rings.